The average molecular weight is 236 g/mol. The van der Waals surface area contributed by atoms with Crippen molar-refractivity contribution < 1.29 is 19.3 Å². The van der Waals surface area contributed by atoms with Gasteiger partial charge in [0.2, 0.25) is 0 Å². The number of rotatable bonds is 1. The third kappa shape index (κ3) is 2.10. The molecule has 14 heavy (non-hydrogen) atoms. The van der Waals surface area contributed by atoms with Gasteiger partial charge in [-0.15, -0.1) is 8.93 Å². The standard InChI is InChI=1S/C8H14O4P2/c1-14(13)8-11-4-6-7(12-8)5(9)2-3-10-6/h2-3,5-9H,4,13H2,1H3/t5?,6?,7-,8?,14?/m1/s1. The SMILES string of the molecule is CP(P)C1OCC2OC=CC(O)[C@H]2O1. The van der Waals surface area contributed by atoms with Gasteiger partial charge < -0.3 is 19.3 Å². The quantitative estimate of drug-likeness (QED) is 0.686. The molecule has 0 spiro atoms. The van der Waals surface area contributed by atoms with E-state index in [2.05, 4.69) is 15.6 Å². The molecule has 0 aromatic carbocycles. The summed E-state index contributed by atoms with van der Waals surface area (Å²) < 4.78 is 16.4. The molecule has 0 radical (unpaired) electrons. The summed E-state index contributed by atoms with van der Waals surface area (Å²) in [5.41, 5.74) is 0. The monoisotopic (exact) mass is 236 g/mol. The molecule has 0 saturated carbocycles. The number of hydrogen-bond donors (Lipinski definition) is 1. The average Bonchev–Trinajstić information content (AvgIpc) is 2.18. The Labute approximate surface area is 86.5 Å². The Balaban J connectivity index is 2.03. The fraction of sp³-hybridized carbons (Fsp3) is 0.750. The van der Waals surface area contributed by atoms with E-state index in [9.17, 15) is 5.11 Å². The fourth-order valence-electron chi connectivity index (χ4n) is 1.50. The molecule has 2 heterocycles. The highest BCUT2D eigenvalue weighted by molar-refractivity contribution is 8.13. The van der Waals surface area contributed by atoms with Crippen LogP contribution in [0.5, 0.6) is 0 Å². The summed E-state index contributed by atoms with van der Waals surface area (Å²) in [4.78, 5) is 0. The smallest absolute Gasteiger partial charge is 0.180 e. The predicted molar refractivity (Wildman–Crippen MR) is 57.2 cm³/mol. The van der Waals surface area contributed by atoms with Gasteiger partial charge in [-0.05, 0) is 20.4 Å². The van der Waals surface area contributed by atoms with E-state index in [-0.39, 0.29) is 25.8 Å². The van der Waals surface area contributed by atoms with E-state index in [1.54, 1.807) is 6.08 Å². The largest absolute Gasteiger partial charge is 0.493 e. The van der Waals surface area contributed by atoms with Crippen molar-refractivity contribution >= 4 is 16.5 Å². The second kappa shape index (κ2) is 4.42. The van der Waals surface area contributed by atoms with E-state index >= 15 is 0 Å². The summed E-state index contributed by atoms with van der Waals surface area (Å²) in [6.07, 6.45) is 2.06. The summed E-state index contributed by atoms with van der Waals surface area (Å²) in [7, 11) is 2.30. The van der Waals surface area contributed by atoms with Crippen LogP contribution in [0.15, 0.2) is 12.3 Å². The molecule has 0 amide bonds. The lowest BCUT2D eigenvalue weighted by Gasteiger charge is -2.40. The van der Waals surface area contributed by atoms with Crippen molar-refractivity contribution in [3.63, 3.8) is 0 Å². The summed E-state index contributed by atoms with van der Waals surface area (Å²) in [6.45, 7) is 2.54. The van der Waals surface area contributed by atoms with Gasteiger partial charge in [-0.1, -0.05) is 0 Å². The number of hydrogen-bond acceptors (Lipinski definition) is 4. The fourth-order valence-corrected chi connectivity index (χ4v) is 2.62. The molecule has 0 bridgehead atoms. The van der Waals surface area contributed by atoms with Gasteiger partial charge >= 0.3 is 0 Å². The van der Waals surface area contributed by atoms with E-state index in [0.717, 1.165) is 0 Å². The Morgan fingerprint density at radius 3 is 3.07 bits per heavy atom. The van der Waals surface area contributed by atoms with Crippen molar-refractivity contribution in [2.24, 2.45) is 0 Å². The third-order valence-corrected chi connectivity index (χ3v) is 3.91. The van der Waals surface area contributed by atoms with Gasteiger partial charge in [-0.2, -0.15) is 0 Å². The molecule has 0 aliphatic carbocycles. The number of ether oxygens (including phenoxy) is 3. The van der Waals surface area contributed by atoms with Crippen LogP contribution >= 0.6 is 16.5 Å². The lowest BCUT2D eigenvalue weighted by atomic mass is 10.1. The van der Waals surface area contributed by atoms with Crippen LogP contribution in [0.2, 0.25) is 0 Å². The van der Waals surface area contributed by atoms with Crippen molar-refractivity contribution in [3.05, 3.63) is 12.3 Å². The van der Waals surface area contributed by atoms with Gasteiger partial charge in [0.15, 0.2) is 12.1 Å². The molecule has 2 aliphatic heterocycles. The lowest BCUT2D eigenvalue weighted by Crippen LogP contribution is -2.50. The molecule has 80 valence electrons. The number of fused-ring (bicyclic) bond motifs is 1. The van der Waals surface area contributed by atoms with Gasteiger partial charge in [0.05, 0.1) is 12.9 Å². The van der Waals surface area contributed by atoms with Crippen molar-refractivity contribution in [1.82, 2.24) is 0 Å². The summed E-state index contributed by atoms with van der Waals surface area (Å²) >= 11 is 0. The molecule has 1 fully saturated rings. The summed E-state index contributed by atoms with van der Waals surface area (Å²) in [6, 6.07) is -0.207. The molecular weight excluding hydrogens is 222 g/mol. The Kier molecular flexibility index (Phi) is 3.41. The molecule has 1 N–H and O–H groups in total. The first-order valence-electron chi connectivity index (χ1n) is 4.43. The summed E-state index contributed by atoms with van der Waals surface area (Å²) in [5.74, 6) is 0. The van der Waals surface area contributed by atoms with E-state index < -0.39 is 6.10 Å². The molecule has 0 aromatic heterocycles. The van der Waals surface area contributed by atoms with Crippen LogP contribution in [-0.4, -0.2) is 42.7 Å². The number of aliphatic hydroxyl groups is 1. The topological polar surface area (TPSA) is 47.9 Å². The zero-order chi connectivity index (χ0) is 10.1. The maximum Gasteiger partial charge on any atom is 0.180 e. The van der Waals surface area contributed by atoms with Crippen LogP contribution in [0, 0.1) is 0 Å². The van der Waals surface area contributed by atoms with Crippen LogP contribution in [0.3, 0.4) is 0 Å². The lowest BCUT2D eigenvalue weighted by molar-refractivity contribution is -0.238. The minimum atomic E-state index is -0.583. The van der Waals surface area contributed by atoms with Crippen LogP contribution in [-0.2, 0) is 14.2 Å². The van der Waals surface area contributed by atoms with Crippen LogP contribution in [0.4, 0.5) is 0 Å². The van der Waals surface area contributed by atoms with Gasteiger partial charge in [0.1, 0.15) is 12.2 Å². The maximum absolute atomic E-state index is 9.66. The molecule has 1 saturated heterocycles. The molecule has 5 unspecified atom stereocenters. The molecule has 2 aliphatic rings. The number of aliphatic hydroxyl groups excluding tert-OH is 1. The maximum atomic E-state index is 9.66. The highest BCUT2D eigenvalue weighted by atomic mass is 32.0. The van der Waals surface area contributed by atoms with Gasteiger partial charge in [0, 0.05) is 0 Å². The highest BCUT2D eigenvalue weighted by Crippen LogP contribution is 2.48. The second-order valence-electron chi connectivity index (χ2n) is 3.40. The summed E-state index contributed by atoms with van der Waals surface area (Å²) in [5, 5.41) is 9.66. The van der Waals surface area contributed by atoms with E-state index in [0.29, 0.717) is 6.61 Å². The molecule has 6 atom stereocenters. The van der Waals surface area contributed by atoms with Crippen LogP contribution in [0.1, 0.15) is 0 Å². The molecule has 2 rings (SSSR count). The minimum absolute atomic E-state index is 0.175. The van der Waals surface area contributed by atoms with Crippen molar-refractivity contribution in [3.8, 4) is 0 Å². The van der Waals surface area contributed by atoms with Crippen molar-refractivity contribution in [2.45, 2.75) is 24.3 Å². The predicted octanol–water partition coefficient (Wildman–Crippen LogP) is 0.861. The molecular formula is C8H14O4P2. The van der Waals surface area contributed by atoms with Crippen molar-refractivity contribution in [1.29, 1.82) is 0 Å². The highest BCUT2D eigenvalue weighted by Gasteiger charge is 2.39. The van der Waals surface area contributed by atoms with Crippen molar-refractivity contribution in [2.75, 3.05) is 13.3 Å². The first-order chi connectivity index (χ1) is 6.68. The first kappa shape index (κ1) is 10.8. The van der Waals surface area contributed by atoms with E-state index in [4.69, 9.17) is 14.2 Å². The first-order valence-corrected chi connectivity index (χ1v) is 7.91. The molecule has 6 heteroatoms. The van der Waals surface area contributed by atoms with E-state index in [1.807, 2.05) is 0 Å². The third-order valence-electron chi connectivity index (χ3n) is 2.24. The Morgan fingerprint density at radius 2 is 2.36 bits per heavy atom. The normalized spacial score (nSPS) is 43.9. The van der Waals surface area contributed by atoms with Crippen LogP contribution in [0.25, 0.3) is 0 Å². The van der Waals surface area contributed by atoms with Gasteiger partial charge in [-0.3, -0.25) is 0 Å². The molecule has 4 nitrogen and oxygen atoms in total. The Morgan fingerprint density at radius 1 is 1.57 bits per heavy atom. The van der Waals surface area contributed by atoms with Gasteiger partial charge in [0.25, 0.3) is 0 Å². The minimum Gasteiger partial charge on any atom is -0.493 e. The van der Waals surface area contributed by atoms with Crippen LogP contribution < -0.4 is 0 Å². The van der Waals surface area contributed by atoms with E-state index in [1.165, 1.54) is 6.26 Å². The second-order valence-corrected chi connectivity index (χ2v) is 7.60. The molecule has 0 aromatic rings. The Bertz CT molecular complexity index is 233. The van der Waals surface area contributed by atoms with Gasteiger partial charge in [-0.25, -0.2) is 0 Å². The zero-order valence-corrected chi connectivity index (χ0v) is 9.92. The Hall–Kier alpha value is 0.280. The zero-order valence-electron chi connectivity index (χ0n) is 7.87.